The monoisotopic (exact) mass is 403 g/mol. The molecule has 3 N–H and O–H groups in total. The zero-order valence-corrected chi connectivity index (χ0v) is 17.0. The van der Waals surface area contributed by atoms with Gasteiger partial charge in [-0.15, -0.1) is 0 Å². The standard InChI is InChI=1S/C17H33N5O6/c1-17(2,3)28-16(24)14(18)4-5-15(23)20-6-8-25-10-12-27-13-11-26-9-7-21-22-19/h14H,4-13,18H2,1-3H3,(H,20,23)/t14-/m0/s1. The number of hydrogen-bond donors (Lipinski definition) is 2. The van der Waals surface area contributed by atoms with Crippen LogP contribution in [0.15, 0.2) is 5.11 Å². The maximum atomic E-state index is 11.7. The molecule has 0 bridgehead atoms. The maximum Gasteiger partial charge on any atom is 0.323 e. The van der Waals surface area contributed by atoms with Crippen molar-refractivity contribution in [3.8, 4) is 0 Å². The van der Waals surface area contributed by atoms with Gasteiger partial charge in [-0.2, -0.15) is 0 Å². The van der Waals surface area contributed by atoms with E-state index in [-0.39, 0.29) is 18.7 Å². The average Bonchev–Trinajstić information content (AvgIpc) is 2.62. The van der Waals surface area contributed by atoms with Crippen LogP contribution in [0.4, 0.5) is 0 Å². The van der Waals surface area contributed by atoms with Gasteiger partial charge < -0.3 is 30.0 Å². The molecule has 11 nitrogen and oxygen atoms in total. The van der Waals surface area contributed by atoms with Crippen molar-refractivity contribution >= 4 is 11.9 Å². The number of hydrogen-bond acceptors (Lipinski definition) is 8. The smallest absolute Gasteiger partial charge is 0.323 e. The summed E-state index contributed by atoms with van der Waals surface area (Å²) in [6.45, 7) is 8.34. The largest absolute Gasteiger partial charge is 0.459 e. The molecule has 0 aromatic carbocycles. The molecule has 0 spiro atoms. The van der Waals surface area contributed by atoms with Crippen LogP contribution in [-0.4, -0.2) is 76.3 Å². The van der Waals surface area contributed by atoms with E-state index in [1.165, 1.54) is 0 Å². The van der Waals surface area contributed by atoms with E-state index in [0.717, 1.165) is 0 Å². The number of nitrogens with zero attached hydrogens (tertiary/aromatic N) is 3. The van der Waals surface area contributed by atoms with Crippen LogP contribution in [0.5, 0.6) is 0 Å². The highest BCUT2D eigenvalue weighted by Crippen LogP contribution is 2.09. The summed E-state index contributed by atoms with van der Waals surface area (Å²) in [7, 11) is 0. The summed E-state index contributed by atoms with van der Waals surface area (Å²) in [6, 6.07) is -0.818. The van der Waals surface area contributed by atoms with E-state index in [4.69, 9.17) is 30.2 Å². The summed E-state index contributed by atoms with van der Waals surface area (Å²) in [5.74, 6) is -0.707. The third-order valence-electron chi connectivity index (χ3n) is 3.10. The van der Waals surface area contributed by atoms with Crippen molar-refractivity contribution in [3.05, 3.63) is 10.4 Å². The van der Waals surface area contributed by atoms with Gasteiger partial charge in [0.2, 0.25) is 5.91 Å². The Hall–Kier alpha value is -1.91. The number of amides is 1. The fraction of sp³-hybridized carbons (Fsp3) is 0.882. The Bertz CT molecular complexity index is 491. The number of rotatable bonds is 16. The zero-order valence-electron chi connectivity index (χ0n) is 17.0. The summed E-state index contributed by atoms with van der Waals surface area (Å²) in [6.07, 6.45) is 0.365. The van der Waals surface area contributed by atoms with Crippen LogP contribution in [0.25, 0.3) is 10.4 Å². The lowest BCUT2D eigenvalue weighted by atomic mass is 10.1. The van der Waals surface area contributed by atoms with Gasteiger partial charge >= 0.3 is 5.97 Å². The number of nitrogens with one attached hydrogen (secondary N) is 1. The SMILES string of the molecule is CC(C)(C)OC(=O)[C@@H](N)CCC(=O)NCCOCCOCCOCCN=[N+]=[N-]. The highest BCUT2D eigenvalue weighted by molar-refractivity contribution is 5.79. The molecule has 0 heterocycles. The van der Waals surface area contributed by atoms with Gasteiger partial charge in [0.15, 0.2) is 0 Å². The lowest BCUT2D eigenvalue weighted by molar-refractivity contribution is -0.156. The van der Waals surface area contributed by atoms with Crippen molar-refractivity contribution in [2.24, 2.45) is 10.8 Å². The molecule has 0 fully saturated rings. The molecule has 0 saturated heterocycles. The lowest BCUT2D eigenvalue weighted by Gasteiger charge is -2.22. The molecule has 0 rings (SSSR count). The Morgan fingerprint density at radius 1 is 1.07 bits per heavy atom. The summed E-state index contributed by atoms with van der Waals surface area (Å²) >= 11 is 0. The molecule has 0 aromatic heterocycles. The van der Waals surface area contributed by atoms with E-state index < -0.39 is 17.6 Å². The first-order chi connectivity index (χ1) is 13.3. The second-order valence-electron chi connectivity index (χ2n) is 6.82. The van der Waals surface area contributed by atoms with Gasteiger partial charge in [-0.25, -0.2) is 0 Å². The maximum absolute atomic E-state index is 11.7. The minimum Gasteiger partial charge on any atom is -0.459 e. The Kier molecular flexibility index (Phi) is 15.0. The van der Waals surface area contributed by atoms with Crippen LogP contribution in [0, 0.1) is 0 Å². The molecular formula is C17H33N5O6. The van der Waals surface area contributed by atoms with Crippen LogP contribution >= 0.6 is 0 Å². The van der Waals surface area contributed by atoms with E-state index in [0.29, 0.717) is 52.7 Å². The Morgan fingerprint density at radius 3 is 2.21 bits per heavy atom. The quantitative estimate of drug-likeness (QED) is 0.127. The molecule has 1 atom stereocenters. The normalized spacial score (nSPS) is 12.1. The van der Waals surface area contributed by atoms with E-state index in [2.05, 4.69) is 15.3 Å². The van der Waals surface area contributed by atoms with Crippen LogP contribution in [0.3, 0.4) is 0 Å². The van der Waals surface area contributed by atoms with Crippen molar-refractivity contribution in [1.82, 2.24) is 5.32 Å². The van der Waals surface area contributed by atoms with E-state index in [1.54, 1.807) is 20.8 Å². The summed E-state index contributed by atoms with van der Waals surface area (Å²) in [4.78, 5) is 26.1. The van der Waals surface area contributed by atoms with Crippen LogP contribution in [-0.2, 0) is 28.5 Å². The van der Waals surface area contributed by atoms with Gasteiger partial charge in [-0.05, 0) is 32.7 Å². The summed E-state index contributed by atoms with van der Waals surface area (Å²) in [5, 5.41) is 6.03. The summed E-state index contributed by atoms with van der Waals surface area (Å²) in [5.41, 5.74) is 13.2. The number of nitrogens with two attached hydrogens (primary N) is 1. The fourth-order valence-electron chi connectivity index (χ4n) is 1.82. The fourth-order valence-corrected chi connectivity index (χ4v) is 1.82. The highest BCUT2D eigenvalue weighted by Gasteiger charge is 2.22. The minimum absolute atomic E-state index is 0.142. The molecule has 0 saturated carbocycles. The molecule has 0 radical (unpaired) electrons. The zero-order chi connectivity index (χ0) is 21.3. The molecule has 28 heavy (non-hydrogen) atoms. The van der Waals surface area contributed by atoms with Crippen molar-refractivity contribution < 1.29 is 28.5 Å². The second kappa shape index (κ2) is 16.1. The van der Waals surface area contributed by atoms with Gasteiger partial charge in [-0.3, -0.25) is 9.59 Å². The molecule has 0 aliphatic carbocycles. The molecule has 0 aliphatic rings. The summed E-state index contributed by atoms with van der Waals surface area (Å²) < 4.78 is 21.0. The van der Waals surface area contributed by atoms with Crippen molar-refractivity contribution in [1.29, 1.82) is 0 Å². The molecule has 0 aliphatic heterocycles. The third-order valence-corrected chi connectivity index (χ3v) is 3.10. The number of carbonyl (C=O) groups is 2. The van der Waals surface area contributed by atoms with E-state index >= 15 is 0 Å². The van der Waals surface area contributed by atoms with E-state index in [1.807, 2.05) is 0 Å². The molecular weight excluding hydrogens is 370 g/mol. The average molecular weight is 403 g/mol. The van der Waals surface area contributed by atoms with Gasteiger partial charge in [0.25, 0.3) is 0 Å². The number of esters is 1. The first kappa shape index (κ1) is 26.1. The highest BCUT2D eigenvalue weighted by atomic mass is 16.6. The van der Waals surface area contributed by atoms with Gasteiger partial charge in [0.05, 0.1) is 39.6 Å². The molecule has 162 valence electrons. The Morgan fingerprint density at radius 2 is 1.64 bits per heavy atom. The number of ether oxygens (including phenoxy) is 4. The molecule has 0 unspecified atom stereocenters. The van der Waals surface area contributed by atoms with Crippen molar-refractivity contribution in [3.63, 3.8) is 0 Å². The third kappa shape index (κ3) is 17.5. The van der Waals surface area contributed by atoms with Crippen molar-refractivity contribution in [2.75, 3.05) is 52.7 Å². The first-order valence-corrected chi connectivity index (χ1v) is 9.25. The minimum atomic E-state index is -0.818. The second-order valence-corrected chi connectivity index (χ2v) is 6.82. The van der Waals surface area contributed by atoms with E-state index in [9.17, 15) is 9.59 Å². The van der Waals surface area contributed by atoms with Crippen molar-refractivity contribution in [2.45, 2.75) is 45.3 Å². The lowest BCUT2D eigenvalue weighted by Crippen LogP contribution is -2.38. The predicted octanol–water partition coefficient (Wildman–Crippen LogP) is 0.912. The van der Waals surface area contributed by atoms with Crippen LogP contribution in [0.2, 0.25) is 0 Å². The Balaban J connectivity index is 3.48. The number of carbonyl (C=O) groups excluding carboxylic acids is 2. The molecule has 11 heteroatoms. The number of azide groups is 1. The molecule has 0 aromatic rings. The topological polar surface area (TPSA) is 158 Å². The van der Waals surface area contributed by atoms with Gasteiger partial charge in [0, 0.05) is 24.4 Å². The predicted molar refractivity (Wildman–Crippen MR) is 103 cm³/mol. The van der Waals surface area contributed by atoms with Crippen LogP contribution < -0.4 is 11.1 Å². The van der Waals surface area contributed by atoms with Gasteiger partial charge in [0.1, 0.15) is 11.6 Å². The molecule has 1 amide bonds. The van der Waals surface area contributed by atoms with Crippen LogP contribution in [0.1, 0.15) is 33.6 Å². The Labute approximate surface area is 165 Å². The first-order valence-electron chi connectivity index (χ1n) is 9.25. The van der Waals surface area contributed by atoms with Gasteiger partial charge in [-0.1, -0.05) is 5.11 Å².